The standard InChI is InChI=1S/C20H28BrNO3/c1-5-12-24-18-14-16(6-7-17(18)21)13-15-8-10-22(11-9-15)19(23)25-20(2,3)4/h6-7,13-14H,5,8-12H2,1-4H3. The second-order valence-electron chi connectivity index (χ2n) is 7.31. The molecule has 1 aliphatic rings. The van der Waals surface area contributed by atoms with E-state index in [2.05, 4.69) is 41.1 Å². The molecule has 1 aromatic rings. The molecular formula is C20H28BrNO3. The summed E-state index contributed by atoms with van der Waals surface area (Å²) in [4.78, 5) is 13.9. The molecule has 0 bridgehead atoms. The molecule has 138 valence electrons. The third kappa shape index (κ3) is 6.38. The number of likely N-dealkylation sites (tertiary alicyclic amines) is 1. The van der Waals surface area contributed by atoms with Crippen molar-refractivity contribution in [1.82, 2.24) is 4.90 Å². The molecule has 4 nitrogen and oxygen atoms in total. The number of rotatable bonds is 4. The van der Waals surface area contributed by atoms with E-state index in [9.17, 15) is 4.79 Å². The molecule has 0 saturated carbocycles. The third-order valence-electron chi connectivity index (χ3n) is 3.85. The Balaban J connectivity index is 1.97. The van der Waals surface area contributed by atoms with E-state index in [-0.39, 0.29) is 6.09 Å². The van der Waals surface area contributed by atoms with Crippen molar-refractivity contribution >= 4 is 28.1 Å². The largest absolute Gasteiger partial charge is 0.492 e. The molecule has 0 atom stereocenters. The van der Waals surface area contributed by atoms with Gasteiger partial charge in [-0.15, -0.1) is 0 Å². The Morgan fingerprint density at radius 3 is 2.56 bits per heavy atom. The first-order valence-corrected chi connectivity index (χ1v) is 9.67. The van der Waals surface area contributed by atoms with Gasteiger partial charge in [0.15, 0.2) is 0 Å². The molecule has 0 spiro atoms. The highest BCUT2D eigenvalue weighted by molar-refractivity contribution is 9.10. The number of benzene rings is 1. The van der Waals surface area contributed by atoms with Gasteiger partial charge in [-0.25, -0.2) is 4.79 Å². The number of halogens is 1. The van der Waals surface area contributed by atoms with Crippen LogP contribution in [0.3, 0.4) is 0 Å². The van der Waals surface area contributed by atoms with Crippen molar-refractivity contribution in [3.8, 4) is 5.75 Å². The number of nitrogens with zero attached hydrogens (tertiary/aromatic N) is 1. The van der Waals surface area contributed by atoms with Crippen molar-refractivity contribution in [2.24, 2.45) is 0 Å². The molecule has 0 aliphatic carbocycles. The van der Waals surface area contributed by atoms with E-state index in [1.165, 1.54) is 5.57 Å². The fourth-order valence-corrected chi connectivity index (χ4v) is 2.98. The summed E-state index contributed by atoms with van der Waals surface area (Å²) in [5, 5.41) is 0. The van der Waals surface area contributed by atoms with E-state index in [0.717, 1.165) is 35.0 Å². The lowest BCUT2D eigenvalue weighted by atomic mass is 10.0. The monoisotopic (exact) mass is 409 g/mol. The molecule has 2 rings (SSSR count). The van der Waals surface area contributed by atoms with Gasteiger partial charge in [0.1, 0.15) is 11.4 Å². The van der Waals surface area contributed by atoms with Crippen LogP contribution >= 0.6 is 15.9 Å². The molecular weight excluding hydrogens is 382 g/mol. The SMILES string of the molecule is CCCOc1cc(C=C2CCN(C(=O)OC(C)(C)C)CC2)ccc1Br. The molecule has 0 aromatic heterocycles. The van der Waals surface area contributed by atoms with Crippen LogP contribution in [0.5, 0.6) is 5.75 Å². The highest BCUT2D eigenvalue weighted by Crippen LogP contribution is 2.28. The molecule has 1 saturated heterocycles. The summed E-state index contributed by atoms with van der Waals surface area (Å²) in [6, 6.07) is 6.16. The second kappa shape index (κ2) is 8.75. The van der Waals surface area contributed by atoms with Gasteiger partial charge in [-0.1, -0.05) is 24.6 Å². The minimum Gasteiger partial charge on any atom is -0.492 e. The quantitative estimate of drug-likeness (QED) is 0.644. The minimum absolute atomic E-state index is 0.217. The van der Waals surface area contributed by atoms with E-state index in [1.807, 2.05) is 26.8 Å². The molecule has 1 aromatic carbocycles. The maximum atomic E-state index is 12.1. The van der Waals surface area contributed by atoms with Gasteiger partial charge in [0, 0.05) is 13.1 Å². The molecule has 1 heterocycles. The predicted octanol–water partition coefficient (Wildman–Crippen LogP) is 5.65. The lowest BCUT2D eigenvalue weighted by molar-refractivity contribution is 0.0237. The van der Waals surface area contributed by atoms with Crippen LogP contribution in [0.4, 0.5) is 4.79 Å². The van der Waals surface area contributed by atoms with Gasteiger partial charge in [0.2, 0.25) is 0 Å². The zero-order valence-electron chi connectivity index (χ0n) is 15.6. The van der Waals surface area contributed by atoms with Crippen molar-refractivity contribution < 1.29 is 14.3 Å². The maximum absolute atomic E-state index is 12.1. The molecule has 25 heavy (non-hydrogen) atoms. The van der Waals surface area contributed by atoms with Crippen LogP contribution in [0.2, 0.25) is 0 Å². The summed E-state index contributed by atoms with van der Waals surface area (Å²) in [5.41, 5.74) is 2.04. The first-order valence-electron chi connectivity index (χ1n) is 8.88. The average molecular weight is 410 g/mol. The Kier molecular flexibility index (Phi) is 6.94. The normalized spacial score (nSPS) is 15.1. The van der Waals surface area contributed by atoms with Gasteiger partial charge in [-0.3, -0.25) is 0 Å². The van der Waals surface area contributed by atoms with Crippen molar-refractivity contribution in [1.29, 1.82) is 0 Å². The minimum atomic E-state index is -0.445. The van der Waals surface area contributed by atoms with Crippen LogP contribution in [0.15, 0.2) is 28.2 Å². The van der Waals surface area contributed by atoms with Crippen LogP contribution in [0, 0.1) is 0 Å². The van der Waals surface area contributed by atoms with Crippen molar-refractivity contribution in [3.05, 3.63) is 33.8 Å². The van der Waals surface area contributed by atoms with Gasteiger partial charge in [-0.2, -0.15) is 0 Å². The molecule has 0 N–H and O–H groups in total. The summed E-state index contributed by atoms with van der Waals surface area (Å²) >= 11 is 3.53. The maximum Gasteiger partial charge on any atom is 0.410 e. The highest BCUT2D eigenvalue weighted by atomic mass is 79.9. The number of carbonyl (C=O) groups excluding carboxylic acids is 1. The Morgan fingerprint density at radius 2 is 1.96 bits per heavy atom. The zero-order chi connectivity index (χ0) is 18.4. The molecule has 1 amide bonds. The Labute approximate surface area is 159 Å². The van der Waals surface area contributed by atoms with E-state index >= 15 is 0 Å². The molecule has 1 fully saturated rings. The zero-order valence-corrected chi connectivity index (χ0v) is 17.2. The van der Waals surface area contributed by atoms with Gasteiger partial charge in [0.25, 0.3) is 0 Å². The second-order valence-corrected chi connectivity index (χ2v) is 8.16. The first kappa shape index (κ1) is 19.8. The van der Waals surface area contributed by atoms with Crippen LogP contribution < -0.4 is 4.74 Å². The number of piperidine rings is 1. The topological polar surface area (TPSA) is 38.8 Å². The summed E-state index contributed by atoms with van der Waals surface area (Å²) < 4.78 is 12.2. The number of carbonyl (C=O) groups is 1. The summed E-state index contributed by atoms with van der Waals surface area (Å²) in [6.45, 7) is 9.90. The molecule has 0 unspecified atom stereocenters. The Bertz CT molecular complexity index is 624. The van der Waals surface area contributed by atoms with Gasteiger partial charge in [-0.05, 0) is 73.7 Å². The summed E-state index contributed by atoms with van der Waals surface area (Å²) in [7, 11) is 0. The Morgan fingerprint density at radius 1 is 1.28 bits per heavy atom. The van der Waals surface area contributed by atoms with Crippen LogP contribution in [-0.2, 0) is 4.74 Å². The van der Waals surface area contributed by atoms with Crippen molar-refractivity contribution in [3.63, 3.8) is 0 Å². The summed E-state index contributed by atoms with van der Waals surface area (Å²) in [5.74, 6) is 0.877. The molecule has 0 radical (unpaired) electrons. The van der Waals surface area contributed by atoms with E-state index < -0.39 is 5.60 Å². The number of hydrogen-bond acceptors (Lipinski definition) is 3. The molecule has 1 aliphatic heterocycles. The fourth-order valence-electron chi connectivity index (χ4n) is 2.62. The smallest absolute Gasteiger partial charge is 0.410 e. The average Bonchev–Trinajstić information content (AvgIpc) is 2.54. The number of ether oxygens (including phenoxy) is 2. The fraction of sp³-hybridized carbons (Fsp3) is 0.550. The number of hydrogen-bond donors (Lipinski definition) is 0. The molecule has 5 heteroatoms. The van der Waals surface area contributed by atoms with Crippen LogP contribution in [0.1, 0.15) is 52.5 Å². The van der Waals surface area contributed by atoms with Crippen LogP contribution in [-0.4, -0.2) is 36.3 Å². The van der Waals surface area contributed by atoms with E-state index in [4.69, 9.17) is 9.47 Å². The van der Waals surface area contributed by atoms with Crippen molar-refractivity contribution in [2.45, 2.75) is 52.6 Å². The van der Waals surface area contributed by atoms with Gasteiger partial charge < -0.3 is 14.4 Å². The third-order valence-corrected chi connectivity index (χ3v) is 4.50. The summed E-state index contributed by atoms with van der Waals surface area (Å²) in [6.07, 6.45) is 4.72. The first-order chi connectivity index (χ1) is 11.8. The van der Waals surface area contributed by atoms with Gasteiger partial charge in [0.05, 0.1) is 11.1 Å². The van der Waals surface area contributed by atoms with Gasteiger partial charge >= 0.3 is 6.09 Å². The van der Waals surface area contributed by atoms with E-state index in [1.54, 1.807) is 4.90 Å². The predicted molar refractivity (Wildman–Crippen MR) is 105 cm³/mol. The van der Waals surface area contributed by atoms with Crippen LogP contribution in [0.25, 0.3) is 6.08 Å². The Hall–Kier alpha value is -1.49. The lowest BCUT2D eigenvalue weighted by Gasteiger charge is -2.31. The highest BCUT2D eigenvalue weighted by Gasteiger charge is 2.24. The number of amides is 1. The van der Waals surface area contributed by atoms with E-state index in [0.29, 0.717) is 19.7 Å². The van der Waals surface area contributed by atoms with Crippen molar-refractivity contribution in [2.75, 3.05) is 19.7 Å². The lowest BCUT2D eigenvalue weighted by Crippen LogP contribution is -2.40.